The quantitative estimate of drug-likeness (QED) is 0.770. The molecule has 2 rings (SSSR count). The Labute approximate surface area is 118 Å². The highest BCUT2D eigenvalue weighted by atomic mass is 79.9. The normalized spacial score (nSPS) is 10.3. The van der Waals surface area contributed by atoms with Crippen LogP contribution in [0.1, 0.15) is 15.4 Å². The number of methoxy groups -OCH3 is 1. The fraction of sp³-hybridized carbons (Fsp3) is 0.100. The van der Waals surface area contributed by atoms with E-state index in [1.165, 1.54) is 30.8 Å². The van der Waals surface area contributed by atoms with E-state index < -0.39 is 0 Å². The predicted octanol–water partition coefficient (Wildman–Crippen LogP) is 3.30. The lowest BCUT2D eigenvalue weighted by atomic mass is 10.2. The number of halogens is 2. The second-order valence-electron chi connectivity index (χ2n) is 2.98. The Morgan fingerprint density at radius 2 is 2.06 bits per heavy atom. The van der Waals surface area contributed by atoms with Crippen molar-refractivity contribution in [2.24, 2.45) is 0 Å². The highest BCUT2D eigenvalue weighted by Crippen LogP contribution is 2.33. The second kappa shape index (κ2) is 5.24. The van der Waals surface area contributed by atoms with Crippen molar-refractivity contribution in [1.29, 1.82) is 0 Å². The number of carbonyl (C=O) groups excluding carboxylic acids is 1. The molecule has 0 radical (unpaired) electrons. The zero-order chi connectivity index (χ0) is 12.4. The van der Waals surface area contributed by atoms with Crippen molar-refractivity contribution in [1.82, 2.24) is 9.97 Å². The van der Waals surface area contributed by atoms with Gasteiger partial charge in [-0.2, -0.15) is 0 Å². The van der Waals surface area contributed by atoms with Gasteiger partial charge in [0.2, 0.25) is 11.7 Å². The molecule has 0 aliphatic rings. The number of carbonyl (C=O) groups is 1. The average Bonchev–Trinajstić information content (AvgIpc) is 2.68. The summed E-state index contributed by atoms with van der Waals surface area (Å²) >= 11 is 8.01. The Morgan fingerprint density at radius 1 is 1.35 bits per heavy atom. The molecule has 0 N–H and O–H groups in total. The first-order chi connectivity index (χ1) is 8.13. The Hall–Kier alpha value is -0.790. The number of ether oxygens (including phenoxy) is 1. The lowest BCUT2D eigenvalue weighted by molar-refractivity contribution is 0.103. The van der Waals surface area contributed by atoms with Gasteiger partial charge in [-0.3, -0.25) is 4.79 Å². The molecule has 0 spiro atoms. The maximum absolute atomic E-state index is 12.2. The van der Waals surface area contributed by atoms with E-state index in [1.807, 2.05) is 0 Å². The van der Waals surface area contributed by atoms with E-state index in [2.05, 4.69) is 41.8 Å². The number of hydrogen-bond acceptors (Lipinski definition) is 5. The van der Waals surface area contributed by atoms with E-state index in [4.69, 9.17) is 4.74 Å². The van der Waals surface area contributed by atoms with Crippen LogP contribution in [0.5, 0.6) is 5.88 Å². The topological polar surface area (TPSA) is 52.1 Å². The van der Waals surface area contributed by atoms with Gasteiger partial charge in [0.05, 0.1) is 15.8 Å². The summed E-state index contributed by atoms with van der Waals surface area (Å²) in [6, 6.07) is 1.74. The van der Waals surface area contributed by atoms with E-state index in [9.17, 15) is 4.79 Å². The van der Waals surface area contributed by atoms with Crippen molar-refractivity contribution < 1.29 is 9.53 Å². The van der Waals surface area contributed by atoms with Gasteiger partial charge in [0.25, 0.3) is 0 Å². The minimum Gasteiger partial charge on any atom is -0.479 e. The summed E-state index contributed by atoms with van der Waals surface area (Å²) in [4.78, 5) is 20.7. The summed E-state index contributed by atoms with van der Waals surface area (Å²) in [5.41, 5.74) is 0.219. The molecular formula is C10H6Br2N2O2S. The maximum Gasteiger partial charge on any atom is 0.243 e. The first kappa shape index (κ1) is 12.7. The van der Waals surface area contributed by atoms with E-state index in [-0.39, 0.29) is 17.4 Å². The van der Waals surface area contributed by atoms with Crippen LogP contribution in [0.15, 0.2) is 26.7 Å². The molecule has 0 saturated carbocycles. The molecule has 0 bridgehead atoms. The van der Waals surface area contributed by atoms with Crippen LogP contribution in [-0.2, 0) is 0 Å². The molecule has 0 amide bonds. The van der Waals surface area contributed by atoms with Crippen molar-refractivity contribution in [2.45, 2.75) is 0 Å². The molecule has 0 aliphatic heterocycles. The SMILES string of the molecule is COc1nccnc1C(=O)c1cc(Br)c(Br)s1. The van der Waals surface area contributed by atoms with Crippen molar-refractivity contribution in [3.8, 4) is 5.88 Å². The van der Waals surface area contributed by atoms with Gasteiger partial charge in [0.15, 0.2) is 5.69 Å². The summed E-state index contributed by atoms with van der Waals surface area (Å²) in [5.74, 6) is 0.0319. The molecular weight excluding hydrogens is 372 g/mol. The lowest BCUT2D eigenvalue weighted by Gasteiger charge is -2.02. The number of rotatable bonds is 3. The summed E-state index contributed by atoms with van der Waals surface area (Å²) in [7, 11) is 1.46. The van der Waals surface area contributed by atoms with Gasteiger partial charge in [-0.1, -0.05) is 0 Å². The molecule has 0 unspecified atom stereocenters. The van der Waals surface area contributed by atoms with Crippen LogP contribution in [-0.4, -0.2) is 22.9 Å². The smallest absolute Gasteiger partial charge is 0.243 e. The fourth-order valence-electron chi connectivity index (χ4n) is 1.21. The van der Waals surface area contributed by atoms with Crippen LogP contribution in [0, 0.1) is 0 Å². The van der Waals surface area contributed by atoms with Crippen LogP contribution in [0.2, 0.25) is 0 Å². The highest BCUT2D eigenvalue weighted by Gasteiger charge is 2.19. The van der Waals surface area contributed by atoms with Gasteiger partial charge < -0.3 is 4.74 Å². The molecule has 0 fully saturated rings. The van der Waals surface area contributed by atoms with Crippen molar-refractivity contribution >= 4 is 49.0 Å². The van der Waals surface area contributed by atoms with E-state index in [0.29, 0.717) is 4.88 Å². The predicted molar refractivity (Wildman–Crippen MR) is 71.7 cm³/mol. The Balaban J connectivity index is 2.43. The van der Waals surface area contributed by atoms with Crippen molar-refractivity contribution in [3.05, 3.63) is 37.3 Å². The summed E-state index contributed by atoms with van der Waals surface area (Å²) in [6.45, 7) is 0. The summed E-state index contributed by atoms with van der Waals surface area (Å²) in [6.07, 6.45) is 2.95. The number of ketones is 1. The molecule has 2 aromatic rings. The number of aromatic nitrogens is 2. The molecule has 0 saturated heterocycles. The van der Waals surface area contributed by atoms with Gasteiger partial charge in [0, 0.05) is 16.9 Å². The average molecular weight is 378 g/mol. The van der Waals surface area contributed by atoms with Crippen LogP contribution in [0.4, 0.5) is 0 Å². The molecule has 0 aromatic carbocycles. The molecule has 2 heterocycles. The number of nitrogens with zero attached hydrogens (tertiary/aromatic N) is 2. The zero-order valence-corrected chi connectivity index (χ0v) is 12.6. The molecule has 2 aromatic heterocycles. The van der Waals surface area contributed by atoms with Crippen LogP contribution in [0.25, 0.3) is 0 Å². The van der Waals surface area contributed by atoms with Crippen LogP contribution < -0.4 is 4.74 Å². The second-order valence-corrected chi connectivity index (χ2v) is 6.20. The molecule has 88 valence electrons. The molecule has 17 heavy (non-hydrogen) atoms. The van der Waals surface area contributed by atoms with E-state index in [0.717, 1.165) is 8.26 Å². The zero-order valence-electron chi connectivity index (χ0n) is 8.61. The first-order valence-electron chi connectivity index (χ1n) is 4.48. The van der Waals surface area contributed by atoms with Gasteiger partial charge in [-0.05, 0) is 37.9 Å². The monoisotopic (exact) mass is 376 g/mol. The first-order valence-corrected chi connectivity index (χ1v) is 6.88. The van der Waals surface area contributed by atoms with E-state index in [1.54, 1.807) is 6.07 Å². The third-order valence-electron chi connectivity index (χ3n) is 1.94. The largest absolute Gasteiger partial charge is 0.479 e. The highest BCUT2D eigenvalue weighted by molar-refractivity contribution is 9.13. The molecule has 0 aliphatic carbocycles. The number of thiophene rings is 1. The third kappa shape index (κ3) is 2.56. The molecule has 4 nitrogen and oxygen atoms in total. The summed E-state index contributed by atoms with van der Waals surface area (Å²) < 4.78 is 6.72. The van der Waals surface area contributed by atoms with Gasteiger partial charge in [0.1, 0.15) is 0 Å². The maximum atomic E-state index is 12.2. The number of hydrogen-bond donors (Lipinski definition) is 0. The van der Waals surface area contributed by atoms with Gasteiger partial charge >= 0.3 is 0 Å². The van der Waals surface area contributed by atoms with Crippen LogP contribution >= 0.6 is 43.2 Å². The standard InChI is InChI=1S/C10H6Br2N2O2S/c1-16-10-7(13-2-3-14-10)8(15)6-4-5(11)9(12)17-6/h2-4H,1H3. The minimum atomic E-state index is -0.202. The third-order valence-corrected chi connectivity index (χ3v) is 5.20. The minimum absolute atomic E-state index is 0.202. The van der Waals surface area contributed by atoms with Crippen molar-refractivity contribution in [3.63, 3.8) is 0 Å². The lowest BCUT2D eigenvalue weighted by Crippen LogP contribution is -2.06. The van der Waals surface area contributed by atoms with E-state index >= 15 is 0 Å². The Morgan fingerprint density at radius 3 is 2.65 bits per heavy atom. The fourth-order valence-corrected chi connectivity index (χ4v) is 3.18. The Kier molecular flexibility index (Phi) is 3.90. The molecule has 0 atom stereocenters. The molecule has 7 heteroatoms. The van der Waals surface area contributed by atoms with Gasteiger partial charge in [-0.25, -0.2) is 9.97 Å². The Bertz CT molecular complexity index is 552. The van der Waals surface area contributed by atoms with Crippen molar-refractivity contribution in [2.75, 3.05) is 7.11 Å². The van der Waals surface area contributed by atoms with Gasteiger partial charge in [-0.15, -0.1) is 11.3 Å². The van der Waals surface area contributed by atoms with Crippen LogP contribution in [0.3, 0.4) is 0 Å². The summed E-state index contributed by atoms with van der Waals surface area (Å²) in [5, 5.41) is 0.